The molecule has 1 aliphatic rings. The van der Waals surface area contributed by atoms with E-state index in [-0.39, 0.29) is 5.54 Å². The van der Waals surface area contributed by atoms with Crippen molar-refractivity contribution in [1.29, 1.82) is 0 Å². The van der Waals surface area contributed by atoms with Gasteiger partial charge in [-0.1, -0.05) is 11.6 Å². The van der Waals surface area contributed by atoms with Crippen LogP contribution in [0.4, 0.5) is 11.4 Å². The van der Waals surface area contributed by atoms with Gasteiger partial charge in [0.25, 0.3) is 0 Å². The molecule has 106 valence electrons. The second-order valence-corrected chi connectivity index (χ2v) is 6.80. The number of nitrogens with zero attached hydrogens (tertiary/aromatic N) is 2. The zero-order valence-corrected chi connectivity index (χ0v) is 13.1. The number of benzene rings is 1. The Hall–Kier alpha value is -0.930. The van der Waals surface area contributed by atoms with Crippen molar-refractivity contribution in [2.45, 2.75) is 26.3 Å². The van der Waals surface area contributed by atoms with Gasteiger partial charge in [0.15, 0.2) is 0 Å². The van der Waals surface area contributed by atoms with E-state index >= 15 is 0 Å². The summed E-state index contributed by atoms with van der Waals surface area (Å²) in [6, 6.07) is 6.25. The number of piperazine rings is 1. The van der Waals surface area contributed by atoms with Gasteiger partial charge in [0, 0.05) is 48.1 Å². The summed E-state index contributed by atoms with van der Waals surface area (Å²) in [7, 11) is 2.17. The average molecular weight is 282 g/mol. The van der Waals surface area contributed by atoms with Crippen LogP contribution < -0.4 is 10.2 Å². The van der Waals surface area contributed by atoms with Crippen LogP contribution in [0.2, 0.25) is 5.02 Å². The Morgan fingerprint density at radius 2 is 1.68 bits per heavy atom. The third-order valence-electron chi connectivity index (χ3n) is 3.27. The van der Waals surface area contributed by atoms with Crippen molar-refractivity contribution in [2.75, 3.05) is 43.4 Å². The smallest absolute Gasteiger partial charge is 0.0447 e. The SMILES string of the molecule is CN1CCN(c2cc(Cl)cc(NC(C)(C)C)c2)CC1. The number of hydrogen-bond acceptors (Lipinski definition) is 3. The van der Waals surface area contributed by atoms with Crippen molar-refractivity contribution in [1.82, 2.24) is 4.90 Å². The number of halogens is 1. The van der Waals surface area contributed by atoms with E-state index in [9.17, 15) is 0 Å². The fourth-order valence-corrected chi connectivity index (χ4v) is 2.56. The molecule has 0 radical (unpaired) electrons. The van der Waals surface area contributed by atoms with Gasteiger partial charge in [0.1, 0.15) is 0 Å². The molecular weight excluding hydrogens is 258 g/mol. The van der Waals surface area contributed by atoms with Crippen molar-refractivity contribution >= 4 is 23.0 Å². The van der Waals surface area contributed by atoms with E-state index in [1.165, 1.54) is 5.69 Å². The highest BCUT2D eigenvalue weighted by atomic mass is 35.5. The lowest BCUT2D eigenvalue weighted by Gasteiger charge is -2.34. The Morgan fingerprint density at radius 3 is 2.26 bits per heavy atom. The summed E-state index contributed by atoms with van der Waals surface area (Å²) in [6.45, 7) is 10.8. The first-order chi connectivity index (χ1) is 8.83. The van der Waals surface area contributed by atoms with Crippen molar-refractivity contribution in [3.63, 3.8) is 0 Å². The molecule has 0 unspecified atom stereocenters. The number of nitrogens with one attached hydrogen (secondary N) is 1. The van der Waals surface area contributed by atoms with Gasteiger partial charge >= 0.3 is 0 Å². The molecule has 19 heavy (non-hydrogen) atoms. The predicted octanol–water partition coefficient (Wildman–Crippen LogP) is 3.30. The number of hydrogen-bond donors (Lipinski definition) is 1. The fraction of sp³-hybridized carbons (Fsp3) is 0.600. The summed E-state index contributed by atoms with van der Waals surface area (Å²) in [6.07, 6.45) is 0. The van der Waals surface area contributed by atoms with E-state index in [4.69, 9.17) is 11.6 Å². The maximum atomic E-state index is 6.25. The first-order valence-corrected chi connectivity index (χ1v) is 7.23. The van der Waals surface area contributed by atoms with Crippen LogP contribution in [0.1, 0.15) is 20.8 Å². The molecule has 1 fully saturated rings. The van der Waals surface area contributed by atoms with Crippen molar-refractivity contribution < 1.29 is 0 Å². The van der Waals surface area contributed by atoms with Gasteiger partial charge in [-0.15, -0.1) is 0 Å². The minimum atomic E-state index is 0.0457. The lowest BCUT2D eigenvalue weighted by molar-refractivity contribution is 0.313. The largest absolute Gasteiger partial charge is 0.380 e. The van der Waals surface area contributed by atoms with Gasteiger partial charge in [-0.05, 0) is 46.0 Å². The highest BCUT2D eigenvalue weighted by Gasteiger charge is 2.16. The Labute approximate surface area is 121 Å². The van der Waals surface area contributed by atoms with Gasteiger partial charge in [-0.3, -0.25) is 0 Å². The second kappa shape index (κ2) is 5.59. The quantitative estimate of drug-likeness (QED) is 0.897. The average Bonchev–Trinajstić information content (AvgIpc) is 2.26. The van der Waals surface area contributed by atoms with E-state index in [0.717, 1.165) is 36.9 Å². The standard InChI is InChI=1S/C15H24ClN3/c1-15(2,3)17-13-9-12(16)10-14(11-13)19-7-5-18(4)6-8-19/h9-11,17H,5-8H2,1-4H3. The molecule has 1 N–H and O–H groups in total. The summed E-state index contributed by atoms with van der Waals surface area (Å²) in [5.41, 5.74) is 2.35. The summed E-state index contributed by atoms with van der Waals surface area (Å²) >= 11 is 6.25. The Kier molecular flexibility index (Phi) is 4.26. The van der Waals surface area contributed by atoms with Crippen LogP contribution in [-0.4, -0.2) is 43.7 Å². The van der Waals surface area contributed by atoms with Crippen LogP contribution in [0.15, 0.2) is 18.2 Å². The fourth-order valence-electron chi connectivity index (χ4n) is 2.33. The molecule has 0 atom stereocenters. The van der Waals surface area contributed by atoms with E-state index in [0.29, 0.717) is 0 Å². The number of anilines is 2. The maximum absolute atomic E-state index is 6.25. The third kappa shape index (κ3) is 4.29. The van der Waals surface area contributed by atoms with Gasteiger partial charge < -0.3 is 15.1 Å². The molecular formula is C15H24ClN3. The molecule has 0 aromatic heterocycles. The second-order valence-electron chi connectivity index (χ2n) is 6.36. The summed E-state index contributed by atoms with van der Waals surface area (Å²) in [5, 5.41) is 4.28. The molecule has 1 saturated heterocycles. The highest BCUT2D eigenvalue weighted by molar-refractivity contribution is 6.31. The molecule has 4 heteroatoms. The summed E-state index contributed by atoms with van der Waals surface area (Å²) < 4.78 is 0. The maximum Gasteiger partial charge on any atom is 0.0447 e. The third-order valence-corrected chi connectivity index (χ3v) is 3.49. The van der Waals surface area contributed by atoms with Gasteiger partial charge in [-0.25, -0.2) is 0 Å². The molecule has 0 amide bonds. The normalized spacial score (nSPS) is 17.6. The van der Waals surface area contributed by atoms with Crippen LogP contribution in [0.25, 0.3) is 0 Å². The minimum Gasteiger partial charge on any atom is -0.380 e. The number of rotatable bonds is 2. The molecule has 3 nitrogen and oxygen atoms in total. The topological polar surface area (TPSA) is 18.5 Å². The monoisotopic (exact) mass is 281 g/mol. The van der Waals surface area contributed by atoms with E-state index in [1.54, 1.807) is 0 Å². The van der Waals surface area contributed by atoms with Crippen molar-refractivity contribution in [3.8, 4) is 0 Å². The van der Waals surface area contributed by atoms with Crippen LogP contribution in [0, 0.1) is 0 Å². The Morgan fingerprint density at radius 1 is 1.05 bits per heavy atom. The van der Waals surface area contributed by atoms with Crippen molar-refractivity contribution in [2.24, 2.45) is 0 Å². The molecule has 0 spiro atoms. The molecule has 1 aromatic carbocycles. The van der Waals surface area contributed by atoms with Crippen LogP contribution in [0.5, 0.6) is 0 Å². The van der Waals surface area contributed by atoms with Crippen LogP contribution in [0.3, 0.4) is 0 Å². The van der Waals surface area contributed by atoms with Crippen LogP contribution >= 0.6 is 11.6 Å². The lowest BCUT2D eigenvalue weighted by atomic mass is 10.1. The molecule has 0 saturated carbocycles. The van der Waals surface area contributed by atoms with E-state index in [1.807, 2.05) is 6.07 Å². The minimum absolute atomic E-state index is 0.0457. The highest BCUT2D eigenvalue weighted by Crippen LogP contribution is 2.27. The van der Waals surface area contributed by atoms with Crippen molar-refractivity contribution in [3.05, 3.63) is 23.2 Å². The zero-order valence-electron chi connectivity index (χ0n) is 12.3. The van der Waals surface area contributed by atoms with Gasteiger partial charge in [0.05, 0.1) is 0 Å². The van der Waals surface area contributed by atoms with Gasteiger partial charge in [0.2, 0.25) is 0 Å². The van der Waals surface area contributed by atoms with E-state index < -0.39 is 0 Å². The summed E-state index contributed by atoms with van der Waals surface area (Å²) in [4.78, 5) is 4.76. The first kappa shape index (κ1) is 14.5. The zero-order chi connectivity index (χ0) is 14.0. The molecule has 2 rings (SSSR count). The van der Waals surface area contributed by atoms with Gasteiger partial charge in [-0.2, -0.15) is 0 Å². The molecule has 0 aliphatic carbocycles. The summed E-state index contributed by atoms with van der Waals surface area (Å²) in [5.74, 6) is 0. The molecule has 0 bridgehead atoms. The van der Waals surface area contributed by atoms with E-state index in [2.05, 4.69) is 55.1 Å². The lowest BCUT2D eigenvalue weighted by Crippen LogP contribution is -2.44. The predicted molar refractivity (Wildman–Crippen MR) is 84.5 cm³/mol. The molecule has 1 aliphatic heterocycles. The Bertz CT molecular complexity index is 432. The molecule has 1 heterocycles. The van der Waals surface area contributed by atoms with Crippen LogP contribution in [-0.2, 0) is 0 Å². The Balaban J connectivity index is 2.17. The molecule has 1 aromatic rings. The first-order valence-electron chi connectivity index (χ1n) is 6.86. The number of likely N-dealkylation sites (N-methyl/N-ethyl adjacent to an activating group) is 1.